The van der Waals surface area contributed by atoms with Crippen molar-refractivity contribution in [2.24, 2.45) is 0 Å². The number of non-ortho nitro benzene ring substituents is 1. The van der Waals surface area contributed by atoms with Gasteiger partial charge in [-0.2, -0.15) is 0 Å². The van der Waals surface area contributed by atoms with Gasteiger partial charge in [-0.1, -0.05) is 19.1 Å². The van der Waals surface area contributed by atoms with Crippen LogP contribution in [0.1, 0.15) is 39.7 Å². The molecule has 0 N–H and O–H groups in total. The fourth-order valence-electron chi connectivity index (χ4n) is 1.77. The standard InChI is InChI=1S/C15H22N2O4/c1-5-10-16(14(18)21-15(2,3)4)11-12-6-8-13(9-7-12)17(19)20/h6-9H,5,10-11H2,1-4H3. The molecule has 6 heteroatoms. The van der Waals surface area contributed by atoms with Crippen LogP contribution in [0.25, 0.3) is 0 Å². The first-order chi connectivity index (χ1) is 9.73. The van der Waals surface area contributed by atoms with Gasteiger partial charge in [0.1, 0.15) is 5.60 Å². The van der Waals surface area contributed by atoms with Crippen LogP contribution in [-0.4, -0.2) is 28.1 Å². The maximum absolute atomic E-state index is 12.1. The molecular formula is C15H22N2O4. The number of ether oxygens (including phenoxy) is 1. The van der Waals surface area contributed by atoms with Crippen molar-refractivity contribution in [2.45, 2.75) is 46.3 Å². The highest BCUT2D eigenvalue weighted by atomic mass is 16.6. The number of hydrogen-bond donors (Lipinski definition) is 0. The minimum atomic E-state index is -0.543. The lowest BCUT2D eigenvalue weighted by atomic mass is 10.2. The first-order valence-electron chi connectivity index (χ1n) is 6.94. The highest BCUT2D eigenvalue weighted by Crippen LogP contribution is 2.16. The van der Waals surface area contributed by atoms with Crippen molar-refractivity contribution < 1.29 is 14.5 Å². The number of hydrogen-bond acceptors (Lipinski definition) is 4. The Morgan fingerprint density at radius 1 is 1.29 bits per heavy atom. The van der Waals surface area contributed by atoms with Crippen molar-refractivity contribution in [2.75, 3.05) is 6.54 Å². The monoisotopic (exact) mass is 294 g/mol. The SMILES string of the molecule is CCCN(Cc1ccc([N+](=O)[O-])cc1)C(=O)OC(C)(C)C. The minimum absolute atomic E-state index is 0.0399. The number of carbonyl (C=O) groups is 1. The Morgan fingerprint density at radius 3 is 2.29 bits per heavy atom. The van der Waals surface area contributed by atoms with Crippen LogP contribution in [0.3, 0.4) is 0 Å². The topological polar surface area (TPSA) is 72.7 Å². The van der Waals surface area contributed by atoms with Crippen LogP contribution in [-0.2, 0) is 11.3 Å². The minimum Gasteiger partial charge on any atom is -0.444 e. The number of amides is 1. The molecule has 0 radical (unpaired) electrons. The van der Waals surface area contributed by atoms with Crippen LogP contribution in [0.5, 0.6) is 0 Å². The van der Waals surface area contributed by atoms with Crippen LogP contribution in [0.4, 0.5) is 10.5 Å². The summed E-state index contributed by atoms with van der Waals surface area (Å²) < 4.78 is 5.37. The number of nitro groups is 1. The van der Waals surface area contributed by atoms with E-state index < -0.39 is 10.5 Å². The summed E-state index contributed by atoms with van der Waals surface area (Å²) in [6, 6.07) is 6.19. The van der Waals surface area contributed by atoms with E-state index in [2.05, 4.69) is 0 Å². The van der Waals surface area contributed by atoms with Crippen molar-refractivity contribution in [3.05, 3.63) is 39.9 Å². The Bertz CT molecular complexity index is 491. The number of benzene rings is 1. The molecule has 6 nitrogen and oxygen atoms in total. The third kappa shape index (κ3) is 5.81. The summed E-state index contributed by atoms with van der Waals surface area (Å²) in [6.45, 7) is 8.39. The van der Waals surface area contributed by atoms with Crippen LogP contribution >= 0.6 is 0 Å². The normalized spacial score (nSPS) is 11.0. The second-order valence-corrected chi connectivity index (χ2v) is 5.83. The summed E-state index contributed by atoms with van der Waals surface area (Å²) in [4.78, 5) is 23.9. The molecular weight excluding hydrogens is 272 g/mol. The van der Waals surface area contributed by atoms with Gasteiger partial charge in [-0.3, -0.25) is 10.1 Å². The second kappa shape index (κ2) is 7.06. The average Bonchev–Trinajstić information content (AvgIpc) is 2.36. The lowest BCUT2D eigenvalue weighted by molar-refractivity contribution is -0.384. The molecule has 0 unspecified atom stereocenters. The summed E-state index contributed by atoms with van der Waals surface area (Å²) >= 11 is 0. The number of nitro benzene ring substituents is 1. The van der Waals surface area contributed by atoms with Crippen molar-refractivity contribution >= 4 is 11.8 Å². The van der Waals surface area contributed by atoms with Crippen molar-refractivity contribution in [3.63, 3.8) is 0 Å². The van der Waals surface area contributed by atoms with Crippen molar-refractivity contribution in [1.82, 2.24) is 4.90 Å². The van der Waals surface area contributed by atoms with Gasteiger partial charge in [0.25, 0.3) is 5.69 Å². The molecule has 0 heterocycles. The molecule has 0 saturated heterocycles. The summed E-state index contributed by atoms with van der Waals surface area (Å²) in [5.41, 5.74) is 0.330. The molecule has 0 spiro atoms. The molecule has 0 aliphatic heterocycles. The zero-order valence-corrected chi connectivity index (χ0v) is 13.0. The van der Waals surface area contributed by atoms with E-state index in [1.165, 1.54) is 12.1 Å². The van der Waals surface area contributed by atoms with Gasteiger partial charge in [0.15, 0.2) is 0 Å². The molecule has 0 saturated carbocycles. The quantitative estimate of drug-likeness (QED) is 0.612. The van der Waals surface area contributed by atoms with E-state index in [9.17, 15) is 14.9 Å². The Balaban J connectivity index is 2.78. The molecule has 1 amide bonds. The summed E-state index contributed by atoms with van der Waals surface area (Å²) in [6.07, 6.45) is 0.439. The van der Waals surface area contributed by atoms with Gasteiger partial charge < -0.3 is 9.64 Å². The Kier molecular flexibility index (Phi) is 5.69. The van der Waals surface area contributed by atoms with E-state index in [4.69, 9.17) is 4.74 Å². The number of nitrogens with zero attached hydrogens (tertiary/aromatic N) is 2. The first kappa shape index (κ1) is 16.9. The van der Waals surface area contributed by atoms with E-state index in [0.717, 1.165) is 12.0 Å². The molecule has 0 aliphatic rings. The Morgan fingerprint density at radius 2 is 1.86 bits per heavy atom. The van der Waals surface area contributed by atoms with E-state index in [1.807, 2.05) is 27.7 Å². The van der Waals surface area contributed by atoms with Gasteiger partial charge in [-0.05, 0) is 32.8 Å². The Hall–Kier alpha value is -2.11. The van der Waals surface area contributed by atoms with Crippen molar-refractivity contribution in [3.8, 4) is 0 Å². The van der Waals surface area contributed by atoms with Gasteiger partial charge in [-0.15, -0.1) is 0 Å². The van der Waals surface area contributed by atoms with Gasteiger partial charge in [0, 0.05) is 25.2 Å². The molecule has 0 atom stereocenters. The fourth-order valence-corrected chi connectivity index (χ4v) is 1.77. The van der Waals surface area contributed by atoms with E-state index >= 15 is 0 Å². The second-order valence-electron chi connectivity index (χ2n) is 5.83. The van der Waals surface area contributed by atoms with E-state index in [0.29, 0.717) is 13.1 Å². The fraction of sp³-hybridized carbons (Fsp3) is 0.533. The molecule has 1 rings (SSSR count). The zero-order chi connectivity index (χ0) is 16.0. The summed E-state index contributed by atoms with van der Waals surface area (Å²) in [7, 11) is 0. The maximum Gasteiger partial charge on any atom is 0.410 e. The predicted molar refractivity (Wildman–Crippen MR) is 80.0 cm³/mol. The molecule has 0 fully saturated rings. The third-order valence-electron chi connectivity index (χ3n) is 2.67. The van der Waals surface area contributed by atoms with Gasteiger partial charge in [0.05, 0.1) is 4.92 Å². The Labute approximate surface area is 124 Å². The molecule has 0 aliphatic carbocycles. The van der Waals surface area contributed by atoms with E-state index in [1.54, 1.807) is 17.0 Å². The van der Waals surface area contributed by atoms with Crippen LogP contribution in [0, 0.1) is 10.1 Å². The van der Waals surface area contributed by atoms with Crippen LogP contribution in [0.2, 0.25) is 0 Å². The zero-order valence-electron chi connectivity index (χ0n) is 13.0. The molecule has 1 aromatic carbocycles. The summed E-state index contributed by atoms with van der Waals surface area (Å²) in [5.74, 6) is 0. The van der Waals surface area contributed by atoms with Gasteiger partial charge >= 0.3 is 6.09 Å². The highest BCUT2D eigenvalue weighted by molar-refractivity contribution is 5.68. The lowest BCUT2D eigenvalue weighted by Gasteiger charge is -2.27. The van der Waals surface area contributed by atoms with Gasteiger partial charge in [-0.25, -0.2) is 4.79 Å². The number of rotatable bonds is 5. The lowest BCUT2D eigenvalue weighted by Crippen LogP contribution is -2.36. The molecule has 0 aromatic heterocycles. The highest BCUT2D eigenvalue weighted by Gasteiger charge is 2.21. The van der Waals surface area contributed by atoms with Crippen LogP contribution < -0.4 is 0 Å². The maximum atomic E-state index is 12.1. The van der Waals surface area contributed by atoms with Crippen molar-refractivity contribution in [1.29, 1.82) is 0 Å². The largest absolute Gasteiger partial charge is 0.444 e. The average molecular weight is 294 g/mol. The smallest absolute Gasteiger partial charge is 0.410 e. The molecule has 0 bridgehead atoms. The molecule has 1 aromatic rings. The third-order valence-corrected chi connectivity index (χ3v) is 2.67. The predicted octanol–water partition coefficient (Wildman–Crippen LogP) is 3.74. The first-order valence-corrected chi connectivity index (χ1v) is 6.94. The molecule has 116 valence electrons. The van der Waals surface area contributed by atoms with E-state index in [-0.39, 0.29) is 11.8 Å². The number of carbonyl (C=O) groups excluding carboxylic acids is 1. The molecule has 21 heavy (non-hydrogen) atoms. The summed E-state index contributed by atoms with van der Waals surface area (Å²) in [5, 5.41) is 10.6. The van der Waals surface area contributed by atoms with Crippen LogP contribution in [0.15, 0.2) is 24.3 Å². The van der Waals surface area contributed by atoms with Gasteiger partial charge in [0.2, 0.25) is 0 Å².